The maximum absolute atomic E-state index is 13.9. The number of nitrogens with zero attached hydrogens (tertiary/aromatic N) is 2. The lowest BCUT2D eigenvalue weighted by Crippen LogP contribution is -2.40. The smallest absolute Gasteiger partial charge is 0.271 e. The number of carbonyl (C=O) groups excluding carboxylic acids is 1. The number of hydrogen-bond acceptors (Lipinski definition) is 7. The molecule has 1 atom stereocenters. The minimum Gasteiger partial charge on any atom is -0.497 e. The summed E-state index contributed by atoms with van der Waals surface area (Å²) in [5, 5.41) is 4.96. The minimum atomic E-state index is -0.743. The second-order valence-corrected chi connectivity index (χ2v) is 10.4. The van der Waals surface area contributed by atoms with Gasteiger partial charge in [-0.25, -0.2) is 4.99 Å². The third-order valence-corrected chi connectivity index (χ3v) is 8.15. The van der Waals surface area contributed by atoms with Gasteiger partial charge in [-0.05, 0) is 61.2 Å². The number of ether oxygens (including phenoxy) is 2. The number of hydrogen-bond donors (Lipinski definition) is 1. The Bertz CT molecular complexity index is 1700. The van der Waals surface area contributed by atoms with Crippen LogP contribution in [0.3, 0.4) is 0 Å². The topological polar surface area (TPSA) is 81.9 Å². The monoisotopic (exact) mass is 531 g/mol. The van der Waals surface area contributed by atoms with Crippen LogP contribution in [0.15, 0.2) is 81.0 Å². The van der Waals surface area contributed by atoms with Crippen LogP contribution in [-0.4, -0.2) is 24.7 Å². The molecule has 0 aliphatic carbocycles. The summed E-state index contributed by atoms with van der Waals surface area (Å²) in [6.07, 6.45) is 1.90. The van der Waals surface area contributed by atoms with Crippen LogP contribution in [0.5, 0.6) is 11.5 Å². The number of rotatable bonds is 6. The molecule has 4 aromatic rings. The summed E-state index contributed by atoms with van der Waals surface area (Å²) in [5.74, 6) is 0.781. The van der Waals surface area contributed by atoms with Crippen LogP contribution in [0.25, 0.3) is 6.08 Å². The zero-order chi connectivity index (χ0) is 26.1. The Morgan fingerprint density at radius 2 is 1.86 bits per heavy atom. The van der Waals surface area contributed by atoms with Gasteiger partial charge in [0.2, 0.25) is 0 Å². The average Bonchev–Trinajstić information content (AvgIpc) is 3.45. The molecule has 1 aliphatic rings. The van der Waals surface area contributed by atoms with Crippen molar-refractivity contribution < 1.29 is 14.3 Å². The SMILES string of the molecule is COc1ccc([C@@H]2C(C(=O)Nc3ccccc3)=C(C)N=c3s/c(=C\c4sccc4C)c(=O)n32)c(OC)c1. The summed E-state index contributed by atoms with van der Waals surface area (Å²) in [4.78, 5) is 33.8. The van der Waals surface area contributed by atoms with Crippen LogP contribution in [-0.2, 0) is 4.79 Å². The van der Waals surface area contributed by atoms with E-state index in [1.54, 1.807) is 49.2 Å². The molecular weight excluding hydrogens is 506 g/mol. The lowest BCUT2D eigenvalue weighted by molar-refractivity contribution is -0.113. The first-order valence-corrected chi connectivity index (χ1v) is 13.3. The molecule has 188 valence electrons. The number of benzene rings is 2. The van der Waals surface area contributed by atoms with Gasteiger partial charge in [0, 0.05) is 22.2 Å². The van der Waals surface area contributed by atoms with Crippen molar-refractivity contribution in [3.63, 3.8) is 0 Å². The second-order valence-electron chi connectivity index (χ2n) is 8.48. The fourth-order valence-electron chi connectivity index (χ4n) is 4.32. The van der Waals surface area contributed by atoms with E-state index in [9.17, 15) is 9.59 Å². The Morgan fingerprint density at radius 3 is 2.54 bits per heavy atom. The van der Waals surface area contributed by atoms with Gasteiger partial charge in [-0.3, -0.25) is 14.2 Å². The van der Waals surface area contributed by atoms with Crippen molar-refractivity contribution in [3.05, 3.63) is 107 Å². The molecule has 7 nitrogen and oxygen atoms in total. The Labute approximate surface area is 221 Å². The lowest BCUT2D eigenvalue weighted by Gasteiger charge is -2.26. The maximum Gasteiger partial charge on any atom is 0.271 e. The van der Waals surface area contributed by atoms with Gasteiger partial charge < -0.3 is 14.8 Å². The van der Waals surface area contributed by atoms with Gasteiger partial charge in [0.15, 0.2) is 4.80 Å². The van der Waals surface area contributed by atoms with E-state index in [1.165, 1.54) is 11.3 Å². The molecule has 1 amide bonds. The molecule has 3 heterocycles. The number of thiophene rings is 1. The number of aryl methyl sites for hydroxylation is 1. The van der Waals surface area contributed by atoms with Crippen molar-refractivity contribution >= 4 is 40.3 Å². The van der Waals surface area contributed by atoms with E-state index in [0.29, 0.717) is 43.4 Å². The van der Waals surface area contributed by atoms with E-state index in [0.717, 1.165) is 10.4 Å². The molecule has 0 bridgehead atoms. The lowest BCUT2D eigenvalue weighted by atomic mass is 9.94. The van der Waals surface area contributed by atoms with E-state index in [4.69, 9.17) is 14.5 Å². The quantitative estimate of drug-likeness (QED) is 0.403. The number of nitrogens with one attached hydrogen (secondary N) is 1. The molecular formula is C28H25N3O4S2. The first-order valence-electron chi connectivity index (χ1n) is 11.6. The van der Waals surface area contributed by atoms with Crippen LogP contribution in [0.4, 0.5) is 5.69 Å². The fourth-order valence-corrected chi connectivity index (χ4v) is 6.28. The van der Waals surface area contributed by atoms with Gasteiger partial charge in [-0.15, -0.1) is 11.3 Å². The average molecular weight is 532 g/mol. The first-order chi connectivity index (χ1) is 17.9. The van der Waals surface area contributed by atoms with Gasteiger partial charge >= 0.3 is 0 Å². The number of aromatic nitrogens is 1. The Hall–Kier alpha value is -3.95. The summed E-state index contributed by atoms with van der Waals surface area (Å²) in [6.45, 7) is 3.81. The zero-order valence-electron chi connectivity index (χ0n) is 20.8. The molecule has 9 heteroatoms. The Balaban J connectivity index is 1.73. The number of thiazole rings is 1. The Kier molecular flexibility index (Phi) is 6.82. The number of methoxy groups -OCH3 is 2. The molecule has 37 heavy (non-hydrogen) atoms. The molecule has 2 aromatic heterocycles. The van der Waals surface area contributed by atoms with E-state index in [2.05, 4.69) is 5.32 Å². The number of allylic oxidation sites excluding steroid dienone is 1. The van der Waals surface area contributed by atoms with Gasteiger partial charge in [0.05, 0.1) is 30.0 Å². The second kappa shape index (κ2) is 10.2. The summed E-state index contributed by atoms with van der Waals surface area (Å²) >= 11 is 2.89. The van der Waals surface area contributed by atoms with Crippen LogP contribution in [0.2, 0.25) is 0 Å². The van der Waals surface area contributed by atoms with E-state index in [1.807, 2.05) is 60.8 Å². The molecule has 0 saturated heterocycles. The van der Waals surface area contributed by atoms with Crippen LogP contribution < -0.4 is 29.7 Å². The number of fused-ring (bicyclic) bond motifs is 1. The molecule has 1 aliphatic heterocycles. The summed E-state index contributed by atoms with van der Waals surface area (Å²) in [6, 6.07) is 15.9. The van der Waals surface area contributed by atoms with Crippen molar-refractivity contribution in [1.29, 1.82) is 0 Å². The van der Waals surface area contributed by atoms with Crippen molar-refractivity contribution in [1.82, 2.24) is 4.57 Å². The van der Waals surface area contributed by atoms with E-state index >= 15 is 0 Å². The summed E-state index contributed by atoms with van der Waals surface area (Å²) in [5.41, 5.74) is 3.12. The zero-order valence-corrected chi connectivity index (χ0v) is 22.4. The Morgan fingerprint density at radius 1 is 1.08 bits per heavy atom. The molecule has 0 radical (unpaired) electrons. The highest BCUT2D eigenvalue weighted by atomic mass is 32.1. The van der Waals surface area contributed by atoms with Crippen molar-refractivity contribution in [2.45, 2.75) is 19.9 Å². The highest BCUT2D eigenvalue weighted by Crippen LogP contribution is 2.37. The first kappa shape index (κ1) is 24.7. The van der Waals surface area contributed by atoms with E-state index < -0.39 is 6.04 Å². The molecule has 0 spiro atoms. The van der Waals surface area contributed by atoms with Crippen molar-refractivity contribution in [3.8, 4) is 11.5 Å². The highest BCUT2D eigenvalue weighted by molar-refractivity contribution is 7.11. The predicted molar refractivity (Wildman–Crippen MR) is 147 cm³/mol. The molecule has 2 aromatic carbocycles. The number of carbonyl (C=O) groups is 1. The highest BCUT2D eigenvalue weighted by Gasteiger charge is 2.34. The molecule has 0 fully saturated rings. The number of amides is 1. The van der Waals surface area contributed by atoms with Gasteiger partial charge in [-0.2, -0.15) is 0 Å². The van der Waals surface area contributed by atoms with Crippen LogP contribution >= 0.6 is 22.7 Å². The predicted octanol–water partition coefficient (Wildman–Crippen LogP) is 4.26. The van der Waals surface area contributed by atoms with Gasteiger partial charge in [0.25, 0.3) is 11.5 Å². The summed E-state index contributed by atoms with van der Waals surface area (Å²) < 4.78 is 13.2. The molecule has 0 saturated carbocycles. The molecule has 0 unspecified atom stereocenters. The van der Waals surface area contributed by atoms with E-state index in [-0.39, 0.29) is 11.5 Å². The van der Waals surface area contributed by atoms with Gasteiger partial charge in [-0.1, -0.05) is 29.5 Å². The third kappa shape index (κ3) is 4.63. The fraction of sp³-hybridized carbons (Fsp3) is 0.179. The minimum absolute atomic E-state index is 0.211. The normalized spacial score (nSPS) is 15.2. The standard InChI is InChI=1S/C28H25N3O4S2/c1-16-12-13-36-22(16)15-23-27(33)31-25(20-11-10-19(34-3)14-21(20)35-4)24(17(2)29-28(31)37-23)26(32)30-18-8-6-5-7-9-18/h5-15,25H,1-4H3,(H,30,32)/b23-15-/t25-/m1/s1. The van der Waals surface area contributed by atoms with Gasteiger partial charge in [0.1, 0.15) is 17.5 Å². The van der Waals surface area contributed by atoms with Crippen molar-refractivity contribution in [2.24, 2.45) is 4.99 Å². The summed E-state index contributed by atoms with van der Waals surface area (Å²) in [7, 11) is 3.13. The molecule has 1 N–H and O–H groups in total. The van der Waals surface area contributed by atoms with Crippen LogP contribution in [0, 0.1) is 6.92 Å². The number of anilines is 1. The maximum atomic E-state index is 13.9. The van der Waals surface area contributed by atoms with Crippen molar-refractivity contribution in [2.75, 3.05) is 19.5 Å². The van der Waals surface area contributed by atoms with Crippen LogP contribution in [0.1, 0.15) is 29.0 Å². The largest absolute Gasteiger partial charge is 0.497 e. The third-order valence-electron chi connectivity index (χ3n) is 6.20. The molecule has 5 rings (SSSR count). The number of para-hydroxylation sites is 1.